The lowest BCUT2D eigenvalue weighted by Gasteiger charge is -2.43. The summed E-state index contributed by atoms with van der Waals surface area (Å²) in [5, 5.41) is 0. The summed E-state index contributed by atoms with van der Waals surface area (Å²) in [5.74, 6) is 2.36. The molecule has 1 fully saturated rings. The van der Waals surface area contributed by atoms with Gasteiger partial charge >= 0.3 is 0 Å². The third kappa shape index (κ3) is 3.32. The zero-order chi connectivity index (χ0) is 24.2. The van der Waals surface area contributed by atoms with E-state index in [1.54, 1.807) is 27.8 Å². The van der Waals surface area contributed by atoms with Gasteiger partial charge in [-0.3, -0.25) is 0 Å². The molecule has 0 heteroatoms. The van der Waals surface area contributed by atoms with Crippen molar-refractivity contribution >= 4 is 0 Å². The summed E-state index contributed by atoms with van der Waals surface area (Å²) in [6.45, 7) is 16.0. The summed E-state index contributed by atoms with van der Waals surface area (Å²) in [6, 6.07) is 25.7. The van der Waals surface area contributed by atoms with Gasteiger partial charge in [0.2, 0.25) is 0 Å². The Labute approximate surface area is 203 Å². The molecule has 0 amide bonds. The maximum atomic E-state index is 2.44. The Morgan fingerprint density at radius 1 is 0.606 bits per heavy atom. The second kappa shape index (κ2) is 10.7. The Kier molecular flexibility index (Phi) is 8.22. The maximum absolute atomic E-state index is 2.44. The zero-order valence-electron chi connectivity index (χ0n) is 22.2. The van der Waals surface area contributed by atoms with E-state index in [1.165, 1.54) is 30.4 Å². The molecule has 0 nitrogen and oxygen atoms in total. The van der Waals surface area contributed by atoms with E-state index in [1.807, 2.05) is 55.4 Å². The Morgan fingerprint density at radius 2 is 1.21 bits per heavy atom. The highest BCUT2D eigenvalue weighted by Gasteiger charge is 2.64. The molecule has 1 spiro atoms. The van der Waals surface area contributed by atoms with Crippen molar-refractivity contribution in [2.24, 2.45) is 11.8 Å². The van der Waals surface area contributed by atoms with Gasteiger partial charge in [0.25, 0.3) is 0 Å². The van der Waals surface area contributed by atoms with Gasteiger partial charge in [-0.25, -0.2) is 0 Å². The van der Waals surface area contributed by atoms with E-state index in [-0.39, 0.29) is 5.41 Å². The molecule has 33 heavy (non-hydrogen) atoms. The SMILES string of the molecule is CC.CC.CC.CC.c1ccc2c(c1)-c1cccc3c1C21c2ccccc2C2CCC(C3)C21. The smallest absolute Gasteiger partial charge is 0.0505 e. The van der Waals surface area contributed by atoms with Crippen LogP contribution in [0.15, 0.2) is 66.7 Å². The fourth-order valence-corrected chi connectivity index (χ4v) is 7.24. The van der Waals surface area contributed by atoms with E-state index in [9.17, 15) is 0 Å². The van der Waals surface area contributed by atoms with Crippen LogP contribution in [0, 0.1) is 11.8 Å². The average Bonchev–Trinajstić information content (AvgIpc) is 3.57. The van der Waals surface area contributed by atoms with Gasteiger partial charge in [0.1, 0.15) is 0 Å². The van der Waals surface area contributed by atoms with Crippen molar-refractivity contribution in [1.29, 1.82) is 0 Å². The largest absolute Gasteiger partial charge is 0.0683 e. The first-order valence-corrected chi connectivity index (χ1v) is 13.7. The van der Waals surface area contributed by atoms with Gasteiger partial charge in [0.15, 0.2) is 0 Å². The molecule has 176 valence electrons. The van der Waals surface area contributed by atoms with E-state index in [4.69, 9.17) is 0 Å². The van der Waals surface area contributed by atoms with Gasteiger partial charge in [0, 0.05) is 0 Å². The normalized spacial score (nSPS) is 25.0. The molecule has 3 aromatic carbocycles. The summed E-state index contributed by atoms with van der Waals surface area (Å²) in [5.41, 5.74) is 11.3. The zero-order valence-corrected chi connectivity index (χ0v) is 22.2. The van der Waals surface area contributed by atoms with Crippen LogP contribution in [0.25, 0.3) is 11.1 Å². The number of rotatable bonds is 0. The molecule has 4 unspecified atom stereocenters. The summed E-state index contributed by atoms with van der Waals surface area (Å²) in [6.07, 6.45) is 4.06. The van der Waals surface area contributed by atoms with E-state index in [0.29, 0.717) is 0 Å². The third-order valence-corrected chi connectivity index (χ3v) is 7.74. The highest BCUT2D eigenvalue weighted by Crippen LogP contribution is 2.71. The Morgan fingerprint density at radius 3 is 1.94 bits per heavy atom. The Hall–Kier alpha value is -2.34. The van der Waals surface area contributed by atoms with Crippen molar-refractivity contribution in [3.05, 3.63) is 94.5 Å². The molecule has 0 bridgehead atoms. The predicted molar refractivity (Wildman–Crippen MR) is 146 cm³/mol. The first-order chi connectivity index (χ1) is 16.4. The lowest BCUT2D eigenvalue weighted by Crippen LogP contribution is -2.40. The fraction of sp³-hybridized carbons (Fsp3) is 0.455. The van der Waals surface area contributed by atoms with Gasteiger partial charge in [-0.15, -0.1) is 0 Å². The van der Waals surface area contributed by atoms with E-state index >= 15 is 0 Å². The number of benzene rings is 3. The predicted octanol–water partition coefficient (Wildman–Crippen LogP) is 9.79. The quantitative estimate of drug-likeness (QED) is 0.326. The van der Waals surface area contributed by atoms with E-state index < -0.39 is 0 Å². The minimum Gasteiger partial charge on any atom is -0.0683 e. The number of hydrogen-bond donors (Lipinski definition) is 0. The first kappa shape index (κ1) is 25.3. The molecular formula is C33H44. The number of hydrogen-bond acceptors (Lipinski definition) is 0. The molecular weight excluding hydrogens is 396 g/mol. The molecule has 0 saturated heterocycles. The minimum atomic E-state index is 0.128. The van der Waals surface area contributed by atoms with Crippen LogP contribution < -0.4 is 0 Å². The van der Waals surface area contributed by atoms with E-state index in [0.717, 1.165) is 17.8 Å². The maximum Gasteiger partial charge on any atom is 0.0505 e. The lowest BCUT2D eigenvalue weighted by molar-refractivity contribution is 0.270. The summed E-state index contributed by atoms with van der Waals surface area (Å²) in [4.78, 5) is 0. The van der Waals surface area contributed by atoms with Crippen LogP contribution in [0.3, 0.4) is 0 Å². The minimum absolute atomic E-state index is 0.128. The molecule has 4 aliphatic carbocycles. The van der Waals surface area contributed by atoms with Crippen LogP contribution in [0.4, 0.5) is 0 Å². The molecule has 0 aromatic heterocycles. The van der Waals surface area contributed by atoms with Crippen molar-refractivity contribution in [2.75, 3.05) is 0 Å². The standard InChI is InChI=1S/C25H20.4C2H6/c1-3-10-21-17(7-1)19-9-5-6-15-14-16-12-13-20-18-8-2-4-11-22(18)25(21,23(15)19)24(16)20;4*1-2/h1-11,16,20,24H,12-14H2;4*1-2H3. The summed E-state index contributed by atoms with van der Waals surface area (Å²) in [7, 11) is 0. The second-order valence-corrected chi connectivity index (χ2v) is 8.45. The monoisotopic (exact) mass is 440 g/mol. The lowest BCUT2D eigenvalue weighted by atomic mass is 9.58. The van der Waals surface area contributed by atoms with Gasteiger partial charge in [-0.1, -0.05) is 122 Å². The fourth-order valence-electron chi connectivity index (χ4n) is 7.24. The highest BCUT2D eigenvalue weighted by molar-refractivity contribution is 5.87. The van der Waals surface area contributed by atoms with Crippen molar-refractivity contribution in [3.63, 3.8) is 0 Å². The summed E-state index contributed by atoms with van der Waals surface area (Å²) < 4.78 is 0. The van der Waals surface area contributed by atoms with Crippen LogP contribution in [0.5, 0.6) is 0 Å². The van der Waals surface area contributed by atoms with Crippen LogP contribution in [0.1, 0.15) is 102 Å². The van der Waals surface area contributed by atoms with Gasteiger partial charge in [-0.05, 0) is 76.0 Å². The third-order valence-electron chi connectivity index (χ3n) is 7.74. The van der Waals surface area contributed by atoms with Crippen molar-refractivity contribution in [3.8, 4) is 11.1 Å². The van der Waals surface area contributed by atoms with Crippen LogP contribution >= 0.6 is 0 Å². The topological polar surface area (TPSA) is 0 Å². The van der Waals surface area contributed by atoms with E-state index in [2.05, 4.69) is 66.7 Å². The molecule has 0 radical (unpaired) electrons. The Balaban J connectivity index is 0.000000350. The molecule has 1 saturated carbocycles. The van der Waals surface area contributed by atoms with Crippen LogP contribution in [-0.4, -0.2) is 0 Å². The molecule has 7 rings (SSSR count). The van der Waals surface area contributed by atoms with Gasteiger partial charge in [-0.2, -0.15) is 0 Å². The first-order valence-electron chi connectivity index (χ1n) is 13.7. The number of fused-ring (bicyclic) bond motifs is 4. The molecule has 3 aromatic rings. The van der Waals surface area contributed by atoms with Gasteiger partial charge in [0.05, 0.1) is 5.41 Å². The summed E-state index contributed by atoms with van der Waals surface area (Å²) >= 11 is 0. The average molecular weight is 441 g/mol. The van der Waals surface area contributed by atoms with Gasteiger partial charge < -0.3 is 0 Å². The molecule has 4 atom stereocenters. The Bertz CT molecular complexity index is 1060. The van der Waals surface area contributed by atoms with Crippen LogP contribution in [0.2, 0.25) is 0 Å². The van der Waals surface area contributed by atoms with Crippen LogP contribution in [-0.2, 0) is 11.8 Å². The molecule has 0 heterocycles. The van der Waals surface area contributed by atoms with Crippen molar-refractivity contribution < 1.29 is 0 Å². The van der Waals surface area contributed by atoms with Crippen molar-refractivity contribution in [2.45, 2.75) is 86.0 Å². The van der Waals surface area contributed by atoms with Crippen molar-refractivity contribution in [1.82, 2.24) is 0 Å². The second-order valence-electron chi connectivity index (χ2n) is 8.45. The molecule has 4 aliphatic rings. The molecule has 0 aliphatic heterocycles. The highest BCUT2D eigenvalue weighted by atomic mass is 14.7. The molecule has 0 N–H and O–H groups in total.